The molecule has 0 spiro atoms. The second-order valence-electron chi connectivity index (χ2n) is 5.71. The molecule has 0 radical (unpaired) electrons. The molecule has 0 aliphatic heterocycles. The average molecular weight is 270 g/mol. The third-order valence-electron chi connectivity index (χ3n) is 4.31. The van der Waals surface area contributed by atoms with Crippen LogP contribution in [0.5, 0.6) is 0 Å². The second-order valence-corrected chi connectivity index (χ2v) is 5.71. The van der Waals surface area contributed by atoms with Crippen molar-refractivity contribution in [2.45, 2.75) is 46.7 Å². The van der Waals surface area contributed by atoms with Gasteiger partial charge in [0.15, 0.2) is 0 Å². The first-order valence-electron chi connectivity index (χ1n) is 7.44. The minimum atomic E-state index is 0.426. The van der Waals surface area contributed by atoms with E-state index in [4.69, 9.17) is 0 Å². The lowest BCUT2D eigenvalue weighted by atomic mass is 10.0. The van der Waals surface area contributed by atoms with Crippen LogP contribution in [0.4, 0.5) is 0 Å². The number of nitrogens with zero attached hydrogens (tertiary/aromatic N) is 1. The summed E-state index contributed by atoms with van der Waals surface area (Å²) in [5.41, 5.74) is 6.77. The van der Waals surface area contributed by atoms with Gasteiger partial charge in [0.2, 0.25) is 0 Å². The fourth-order valence-electron chi connectivity index (χ4n) is 2.64. The third-order valence-corrected chi connectivity index (χ3v) is 4.31. The maximum absolute atomic E-state index is 3.69. The van der Waals surface area contributed by atoms with Crippen LogP contribution in [0.25, 0.3) is 0 Å². The monoisotopic (exact) mass is 270 g/mol. The number of hydrogen-bond donors (Lipinski definition) is 1. The predicted octanol–water partition coefficient (Wildman–Crippen LogP) is 4.19. The molecule has 0 bridgehead atoms. The van der Waals surface area contributed by atoms with E-state index in [0.717, 1.165) is 13.0 Å². The second kappa shape index (κ2) is 6.27. The SMILES string of the molecule is CCC(NCc1cc(C)n(C)c1C)c1ccc(C)cc1. The molecule has 1 aromatic carbocycles. The zero-order valence-corrected chi connectivity index (χ0v) is 13.3. The Morgan fingerprint density at radius 2 is 1.75 bits per heavy atom. The lowest BCUT2D eigenvalue weighted by Crippen LogP contribution is -2.20. The van der Waals surface area contributed by atoms with Crippen molar-refractivity contribution in [2.24, 2.45) is 7.05 Å². The summed E-state index contributed by atoms with van der Waals surface area (Å²) in [7, 11) is 2.13. The molecule has 108 valence electrons. The first-order valence-corrected chi connectivity index (χ1v) is 7.44. The van der Waals surface area contributed by atoms with Gasteiger partial charge in [-0.2, -0.15) is 0 Å². The molecular weight excluding hydrogens is 244 g/mol. The zero-order chi connectivity index (χ0) is 14.7. The van der Waals surface area contributed by atoms with E-state index in [1.807, 2.05) is 0 Å². The number of nitrogens with one attached hydrogen (secondary N) is 1. The van der Waals surface area contributed by atoms with Crippen molar-refractivity contribution >= 4 is 0 Å². The Morgan fingerprint density at radius 3 is 2.25 bits per heavy atom. The summed E-state index contributed by atoms with van der Waals surface area (Å²) in [6.45, 7) is 9.65. The van der Waals surface area contributed by atoms with Crippen LogP contribution in [0.15, 0.2) is 30.3 Å². The Bertz CT molecular complexity index is 564. The van der Waals surface area contributed by atoms with Gasteiger partial charge < -0.3 is 9.88 Å². The van der Waals surface area contributed by atoms with Crippen molar-refractivity contribution in [1.82, 2.24) is 9.88 Å². The van der Waals surface area contributed by atoms with Crippen molar-refractivity contribution in [3.05, 3.63) is 58.4 Å². The summed E-state index contributed by atoms with van der Waals surface area (Å²) in [5.74, 6) is 0. The van der Waals surface area contributed by atoms with Gasteiger partial charge in [-0.05, 0) is 44.4 Å². The summed E-state index contributed by atoms with van der Waals surface area (Å²) in [4.78, 5) is 0. The lowest BCUT2D eigenvalue weighted by molar-refractivity contribution is 0.517. The van der Waals surface area contributed by atoms with E-state index in [9.17, 15) is 0 Å². The highest BCUT2D eigenvalue weighted by Crippen LogP contribution is 2.19. The molecule has 1 atom stereocenters. The largest absolute Gasteiger partial charge is 0.352 e. The molecule has 2 nitrogen and oxygen atoms in total. The van der Waals surface area contributed by atoms with Gasteiger partial charge in [0.1, 0.15) is 0 Å². The molecule has 2 heteroatoms. The van der Waals surface area contributed by atoms with Crippen molar-refractivity contribution in [3.63, 3.8) is 0 Å². The first-order chi connectivity index (χ1) is 9.52. The molecule has 2 rings (SSSR count). The number of aryl methyl sites for hydroxylation is 2. The minimum absolute atomic E-state index is 0.426. The van der Waals surface area contributed by atoms with Crippen LogP contribution < -0.4 is 5.32 Å². The van der Waals surface area contributed by atoms with Gasteiger partial charge in [0.05, 0.1) is 0 Å². The Hall–Kier alpha value is -1.54. The van der Waals surface area contributed by atoms with E-state index in [1.54, 1.807) is 0 Å². The van der Waals surface area contributed by atoms with Gasteiger partial charge in [-0.15, -0.1) is 0 Å². The smallest absolute Gasteiger partial charge is 0.0320 e. The molecule has 1 N–H and O–H groups in total. The van der Waals surface area contributed by atoms with Crippen LogP contribution in [0.1, 0.15) is 47.5 Å². The number of aromatic nitrogens is 1. The topological polar surface area (TPSA) is 17.0 Å². The predicted molar refractivity (Wildman–Crippen MR) is 85.9 cm³/mol. The molecule has 0 saturated carbocycles. The lowest BCUT2D eigenvalue weighted by Gasteiger charge is -2.18. The fourth-order valence-corrected chi connectivity index (χ4v) is 2.64. The number of rotatable bonds is 5. The van der Waals surface area contributed by atoms with Crippen molar-refractivity contribution in [2.75, 3.05) is 0 Å². The van der Waals surface area contributed by atoms with Gasteiger partial charge in [-0.3, -0.25) is 0 Å². The minimum Gasteiger partial charge on any atom is -0.352 e. The van der Waals surface area contributed by atoms with Crippen LogP contribution in [0, 0.1) is 20.8 Å². The van der Waals surface area contributed by atoms with Gasteiger partial charge in [-0.25, -0.2) is 0 Å². The summed E-state index contributed by atoms with van der Waals surface area (Å²) >= 11 is 0. The molecule has 20 heavy (non-hydrogen) atoms. The zero-order valence-electron chi connectivity index (χ0n) is 13.3. The highest BCUT2D eigenvalue weighted by atomic mass is 15.0. The summed E-state index contributed by atoms with van der Waals surface area (Å²) in [6.07, 6.45) is 1.11. The van der Waals surface area contributed by atoms with Crippen LogP contribution in [-0.4, -0.2) is 4.57 Å². The molecular formula is C18H26N2. The van der Waals surface area contributed by atoms with E-state index in [0.29, 0.717) is 6.04 Å². The molecule has 0 fully saturated rings. The first kappa shape index (κ1) is 14.9. The molecule has 0 aliphatic carbocycles. The Kier molecular flexibility index (Phi) is 4.66. The molecule has 2 aromatic rings. The number of hydrogen-bond acceptors (Lipinski definition) is 1. The highest BCUT2D eigenvalue weighted by Gasteiger charge is 2.11. The van der Waals surface area contributed by atoms with Gasteiger partial charge in [-0.1, -0.05) is 36.8 Å². The van der Waals surface area contributed by atoms with Crippen LogP contribution >= 0.6 is 0 Å². The Morgan fingerprint density at radius 1 is 1.10 bits per heavy atom. The summed E-state index contributed by atoms with van der Waals surface area (Å²) in [5, 5.41) is 3.69. The van der Waals surface area contributed by atoms with Crippen molar-refractivity contribution < 1.29 is 0 Å². The molecule has 0 saturated heterocycles. The van der Waals surface area contributed by atoms with E-state index in [2.05, 4.69) is 75.0 Å². The maximum Gasteiger partial charge on any atom is 0.0320 e. The van der Waals surface area contributed by atoms with Crippen LogP contribution in [0.3, 0.4) is 0 Å². The summed E-state index contributed by atoms with van der Waals surface area (Å²) < 4.78 is 2.25. The molecule has 0 amide bonds. The maximum atomic E-state index is 3.69. The standard InChI is InChI=1S/C18H26N2/c1-6-18(16-9-7-13(2)8-10-16)19-12-17-11-14(3)20(5)15(17)4/h7-11,18-19H,6,12H2,1-5H3. The normalized spacial score (nSPS) is 12.7. The molecule has 0 aliphatic rings. The van der Waals surface area contributed by atoms with E-state index < -0.39 is 0 Å². The summed E-state index contributed by atoms with van der Waals surface area (Å²) in [6, 6.07) is 11.6. The quantitative estimate of drug-likeness (QED) is 0.862. The highest BCUT2D eigenvalue weighted by molar-refractivity contribution is 5.27. The van der Waals surface area contributed by atoms with Crippen LogP contribution in [0.2, 0.25) is 0 Å². The molecule has 1 aromatic heterocycles. The van der Waals surface area contributed by atoms with Gasteiger partial charge in [0.25, 0.3) is 0 Å². The van der Waals surface area contributed by atoms with E-state index in [1.165, 1.54) is 28.1 Å². The van der Waals surface area contributed by atoms with E-state index in [-0.39, 0.29) is 0 Å². The molecule has 1 heterocycles. The van der Waals surface area contributed by atoms with Gasteiger partial charge >= 0.3 is 0 Å². The van der Waals surface area contributed by atoms with Gasteiger partial charge in [0, 0.05) is 31.0 Å². The van der Waals surface area contributed by atoms with Crippen molar-refractivity contribution in [3.8, 4) is 0 Å². The Balaban J connectivity index is 2.07. The fraction of sp³-hybridized carbons (Fsp3) is 0.444. The molecule has 1 unspecified atom stereocenters. The third kappa shape index (κ3) is 3.13. The van der Waals surface area contributed by atoms with E-state index >= 15 is 0 Å². The van der Waals surface area contributed by atoms with Crippen molar-refractivity contribution in [1.29, 1.82) is 0 Å². The Labute approximate surface area is 122 Å². The number of benzene rings is 1. The average Bonchev–Trinajstić information content (AvgIpc) is 2.69. The van der Waals surface area contributed by atoms with Crippen LogP contribution in [-0.2, 0) is 13.6 Å².